The lowest BCUT2D eigenvalue weighted by Crippen LogP contribution is -2.30. The van der Waals surface area contributed by atoms with E-state index in [4.69, 9.17) is 0 Å². The molecule has 1 amide bonds. The van der Waals surface area contributed by atoms with Crippen LogP contribution in [0.1, 0.15) is 15.9 Å². The molecular weight excluding hydrogens is 404 g/mol. The summed E-state index contributed by atoms with van der Waals surface area (Å²) >= 11 is 0.929. The van der Waals surface area contributed by atoms with Crippen molar-refractivity contribution in [3.8, 4) is 0 Å². The van der Waals surface area contributed by atoms with Gasteiger partial charge in [0.15, 0.2) is 22.6 Å². The van der Waals surface area contributed by atoms with Gasteiger partial charge in [-0.05, 0) is 29.8 Å². The molecule has 3 nitrogen and oxygen atoms in total. The summed E-state index contributed by atoms with van der Waals surface area (Å²) in [7, 11) is 0. The zero-order valence-electron chi connectivity index (χ0n) is 14.7. The number of hydrogen-bond acceptors (Lipinski definition) is 3. The fourth-order valence-electron chi connectivity index (χ4n) is 2.84. The van der Waals surface area contributed by atoms with Crippen LogP contribution in [0.15, 0.2) is 60.7 Å². The Kier molecular flexibility index (Phi) is 5.02. The first-order chi connectivity index (χ1) is 13.9. The van der Waals surface area contributed by atoms with Gasteiger partial charge in [0.1, 0.15) is 11.3 Å². The topological polar surface area (TPSA) is 33.2 Å². The molecule has 0 saturated carbocycles. The minimum absolute atomic E-state index is 0.0581. The number of fused-ring (bicyclic) bond motifs is 1. The molecule has 3 aromatic carbocycles. The van der Waals surface area contributed by atoms with Gasteiger partial charge in [-0.1, -0.05) is 41.7 Å². The van der Waals surface area contributed by atoms with E-state index in [1.54, 1.807) is 30.3 Å². The van der Waals surface area contributed by atoms with E-state index in [2.05, 4.69) is 4.98 Å². The lowest BCUT2D eigenvalue weighted by molar-refractivity contribution is 0.0984. The quantitative estimate of drug-likeness (QED) is 0.400. The first-order valence-corrected chi connectivity index (χ1v) is 9.30. The SMILES string of the molecule is O=C(c1ccc(F)c(F)c1)N(Cc1ccccc1)c1nc2c(F)cc(F)cc2s1. The van der Waals surface area contributed by atoms with Gasteiger partial charge in [0, 0.05) is 11.6 Å². The molecule has 0 aliphatic heterocycles. The van der Waals surface area contributed by atoms with E-state index in [-0.39, 0.29) is 27.5 Å². The van der Waals surface area contributed by atoms with Gasteiger partial charge in [-0.25, -0.2) is 22.5 Å². The van der Waals surface area contributed by atoms with Crippen molar-refractivity contribution >= 4 is 32.6 Å². The number of hydrogen-bond donors (Lipinski definition) is 0. The Hall–Kier alpha value is -3.26. The van der Waals surface area contributed by atoms with Crippen molar-refractivity contribution in [2.75, 3.05) is 4.90 Å². The standard InChI is InChI=1S/C21H12F4N2OS/c22-14-9-17(25)19-18(10-14)29-21(26-19)27(11-12-4-2-1-3-5-12)20(28)13-6-7-15(23)16(24)8-13/h1-10H,11H2. The van der Waals surface area contributed by atoms with Gasteiger partial charge in [-0.3, -0.25) is 9.69 Å². The number of aromatic nitrogens is 1. The van der Waals surface area contributed by atoms with Crippen LogP contribution in [-0.4, -0.2) is 10.9 Å². The van der Waals surface area contributed by atoms with E-state index in [0.717, 1.165) is 41.2 Å². The Morgan fingerprint density at radius 3 is 2.38 bits per heavy atom. The van der Waals surface area contributed by atoms with Gasteiger partial charge < -0.3 is 0 Å². The van der Waals surface area contributed by atoms with E-state index in [1.165, 1.54) is 4.90 Å². The number of rotatable bonds is 4. The molecule has 0 bridgehead atoms. The Labute approximate surface area is 166 Å². The normalized spacial score (nSPS) is 11.0. The molecule has 1 heterocycles. The highest BCUT2D eigenvalue weighted by atomic mass is 32.1. The van der Waals surface area contributed by atoms with Crippen molar-refractivity contribution in [3.63, 3.8) is 0 Å². The summed E-state index contributed by atoms with van der Waals surface area (Å²) in [5.41, 5.74) is 0.586. The lowest BCUT2D eigenvalue weighted by Gasteiger charge is -2.20. The smallest absolute Gasteiger partial charge is 0.260 e. The summed E-state index contributed by atoms with van der Waals surface area (Å²) in [4.78, 5) is 18.5. The van der Waals surface area contributed by atoms with Crippen LogP contribution in [0.4, 0.5) is 22.7 Å². The first kappa shape index (κ1) is 19.1. The Morgan fingerprint density at radius 2 is 1.66 bits per heavy atom. The molecule has 0 atom stereocenters. The van der Waals surface area contributed by atoms with E-state index in [1.807, 2.05) is 0 Å². The highest BCUT2D eigenvalue weighted by Crippen LogP contribution is 2.33. The third kappa shape index (κ3) is 3.84. The van der Waals surface area contributed by atoms with Gasteiger partial charge in [-0.15, -0.1) is 0 Å². The number of anilines is 1. The molecule has 0 unspecified atom stereocenters. The molecule has 0 saturated heterocycles. The molecule has 29 heavy (non-hydrogen) atoms. The third-order valence-electron chi connectivity index (χ3n) is 4.23. The molecule has 4 aromatic rings. The first-order valence-electron chi connectivity index (χ1n) is 8.49. The second-order valence-corrected chi connectivity index (χ2v) is 7.25. The number of benzene rings is 3. The highest BCUT2D eigenvalue weighted by Gasteiger charge is 2.24. The molecule has 0 fully saturated rings. The van der Waals surface area contributed by atoms with Crippen LogP contribution in [0.25, 0.3) is 10.2 Å². The summed E-state index contributed by atoms with van der Waals surface area (Å²) in [5.74, 6) is -4.48. The van der Waals surface area contributed by atoms with E-state index < -0.39 is 29.2 Å². The van der Waals surface area contributed by atoms with E-state index in [9.17, 15) is 22.4 Å². The van der Waals surface area contributed by atoms with Crippen molar-refractivity contribution in [1.82, 2.24) is 4.98 Å². The molecule has 0 spiro atoms. The van der Waals surface area contributed by atoms with Gasteiger partial charge in [0.25, 0.3) is 5.91 Å². The Bertz CT molecular complexity index is 1210. The predicted molar refractivity (Wildman–Crippen MR) is 103 cm³/mol. The highest BCUT2D eigenvalue weighted by molar-refractivity contribution is 7.22. The van der Waals surface area contributed by atoms with Crippen LogP contribution >= 0.6 is 11.3 Å². The van der Waals surface area contributed by atoms with Crippen molar-refractivity contribution in [3.05, 3.63) is 95.1 Å². The van der Waals surface area contributed by atoms with E-state index in [0.29, 0.717) is 6.07 Å². The number of amides is 1. The zero-order chi connectivity index (χ0) is 20.5. The second-order valence-electron chi connectivity index (χ2n) is 6.24. The predicted octanol–water partition coefficient (Wildman–Crippen LogP) is 5.70. The number of nitrogens with zero attached hydrogens (tertiary/aromatic N) is 2. The van der Waals surface area contributed by atoms with Crippen molar-refractivity contribution in [2.24, 2.45) is 0 Å². The Morgan fingerprint density at radius 1 is 0.897 bits per heavy atom. The van der Waals surface area contributed by atoms with Gasteiger partial charge >= 0.3 is 0 Å². The largest absolute Gasteiger partial charge is 0.279 e. The summed E-state index contributed by atoms with van der Waals surface area (Å²) in [6.07, 6.45) is 0. The molecule has 1 aromatic heterocycles. The molecular formula is C21H12F4N2OS. The molecule has 0 aliphatic carbocycles. The van der Waals surface area contributed by atoms with Crippen LogP contribution in [0, 0.1) is 23.3 Å². The van der Waals surface area contributed by atoms with Crippen LogP contribution in [0.5, 0.6) is 0 Å². The maximum Gasteiger partial charge on any atom is 0.260 e. The van der Waals surface area contributed by atoms with Crippen LogP contribution in [-0.2, 0) is 6.54 Å². The maximum absolute atomic E-state index is 14.1. The minimum Gasteiger partial charge on any atom is -0.279 e. The van der Waals surface area contributed by atoms with Crippen LogP contribution in [0.3, 0.4) is 0 Å². The fourth-order valence-corrected chi connectivity index (χ4v) is 3.84. The zero-order valence-corrected chi connectivity index (χ0v) is 15.5. The van der Waals surface area contributed by atoms with Crippen LogP contribution < -0.4 is 4.90 Å². The molecule has 146 valence electrons. The van der Waals surface area contributed by atoms with Crippen LogP contribution in [0.2, 0.25) is 0 Å². The maximum atomic E-state index is 14.1. The lowest BCUT2D eigenvalue weighted by atomic mass is 10.1. The number of carbonyl (C=O) groups excluding carboxylic acids is 1. The van der Waals surface area contributed by atoms with E-state index >= 15 is 0 Å². The summed E-state index contributed by atoms with van der Waals surface area (Å²) < 4.78 is 54.8. The average Bonchev–Trinajstić information content (AvgIpc) is 3.12. The second kappa shape index (κ2) is 7.63. The van der Waals surface area contributed by atoms with Gasteiger partial charge in [0.2, 0.25) is 0 Å². The van der Waals surface area contributed by atoms with Crippen molar-refractivity contribution in [2.45, 2.75) is 6.54 Å². The fraction of sp³-hybridized carbons (Fsp3) is 0.0476. The number of thiazole rings is 1. The summed E-state index contributed by atoms with van der Waals surface area (Å²) in [5, 5.41) is 0.114. The van der Waals surface area contributed by atoms with Gasteiger partial charge in [-0.2, -0.15) is 0 Å². The van der Waals surface area contributed by atoms with Crippen molar-refractivity contribution in [1.29, 1.82) is 0 Å². The van der Waals surface area contributed by atoms with Gasteiger partial charge in [0.05, 0.1) is 11.2 Å². The third-order valence-corrected chi connectivity index (χ3v) is 5.25. The monoisotopic (exact) mass is 416 g/mol. The average molecular weight is 416 g/mol. The molecule has 0 aliphatic rings. The number of carbonyl (C=O) groups is 1. The van der Waals surface area contributed by atoms with Crippen molar-refractivity contribution < 1.29 is 22.4 Å². The molecule has 4 rings (SSSR count). The Balaban J connectivity index is 1.80. The summed E-state index contributed by atoms with van der Waals surface area (Å²) in [6, 6.07) is 13.6. The summed E-state index contributed by atoms with van der Waals surface area (Å²) in [6.45, 7) is 0.0581. The number of halogens is 4. The molecule has 0 radical (unpaired) electrons. The minimum atomic E-state index is -1.16. The molecule has 0 N–H and O–H groups in total. The molecule has 8 heteroatoms.